The van der Waals surface area contributed by atoms with Crippen molar-refractivity contribution in [2.24, 2.45) is 0 Å². The van der Waals surface area contributed by atoms with Gasteiger partial charge in [0.1, 0.15) is 17.1 Å². The van der Waals surface area contributed by atoms with Crippen LogP contribution >= 0.6 is 0 Å². The molecule has 0 saturated carbocycles. The number of nitrogen functional groups attached to an aromatic ring is 1. The smallest absolute Gasteiger partial charge is 0.288 e. The minimum atomic E-state index is -0.515. The number of halogens is 1. The number of rotatable bonds is 6. The van der Waals surface area contributed by atoms with Crippen molar-refractivity contribution in [3.63, 3.8) is 0 Å². The predicted molar refractivity (Wildman–Crippen MR) is 125 cm³/mol. The molecule has 0 unspecified atom stereocenters. The van der Waals surface area contributed by atoms with Crippen LogP contribution < -0.4 is 21.3 Å². The van der Waals surface area contributed by atoms with Crippen LogP contribution in [0.2, 0.25) is 0 Å². The Morgan fingerprint density at radius 2 is 1.97 bits per heavy atom. The number of carbonyl (C=O) groups excluding carboxylic acids is 1. The van der Waals surface area contributed by atoms with Gasteiger partial charge < -0.3 is 20.4 Å². The van der Waals surface area contributed by atoms with Crippen LogP contribution in [-0.4, -0.2) is 27.8 Å². The quantitative estimate of drug-likeness (QED) is 0.416. The van der Waals surface area contributed by atoms with Gasteiger partial charge in [0.2, 0.25) is 0 Å². The lowest BCUT2D eigenvalue weighted by Crippen LogP contribution is -2.23. The maximum Gasteiger partial charge on any atom is 0.288 e. The maximum absolute atomic E-state index is 13.6. The van der Waals surface area contributed by atoms with Crippen LogP contribution in [0, 0.1) is 5.82 Å². The Morgan fingerprint density at radius 3 is 2.64 bits per heavy atom. The third kappa shape index (κ3) is 4.17. The van der Waals surface area contributed by atoms with Gasteiger partial charge in [-0.2, -0.15) is 5.10 Å². The van der Waals surface area contributed by atoms with Gasteiger partial charge in [-0.1, -0.05) is 24.3 Å². The van der Waals surface area contributed by atoms with Gasteiger partial charge in [0.25, 0.3) is 11.5 Å². The Bertz CT molecular complexity index is 1390. The second kappa shape index (κ2) is 8.78. The number of amides is 1. The summed E-state index contributed by atoms with van der Waals surface area (Å²) in [7, 11) is 1.43. The van der Waals surface area contributed by atoms with Gasteiger partial charge in [0.15, 0.2) is 5.82 Å². The maximum atomic E-state index is 13.6. The number of fused-ring (bicyclic) bond motifs is 1. The molecule has 0 saturated heterocycles. The zero-order chi connectivity index (χ0) is 23.7. The Labute approximate surface area is 189 Å². The van der Waals surface area contributed by atoms with Crippen molar-refractivity contribution in [3.05, 3.63) is 76.0 Å². The zero-order valence-electron chi connectivity index (χ0n) is 18.5. The highest BCUT2D eigenvalue weighted by molar-refractivity contribution is 6.02. The summed E-state index contributed by atoms with van der Waals surface area (Å²) in [6.45, 7) is 4.22. The number of H-pyrrole nitrogens is 1. The third-order valence-electron chi connectivity index (χ3n) is 5.46. The molecule has 9 heteroatoms. The molecule has 4 N–H and O–H groups in total. The SMILES string of the molecule is COc1ccc(F)cc1C(=O)NCc1ccc(-c2cn(C(C)C)c3c(=O)[nH]nc(N)c23)cc1. The normalized spacial score (nSPS) is 11.2. The van der Waals surface area contributed by atoms with E-state index < -0.39 is 11.7 Å². The highest BCUT2D eigenvalue weighted by Crippen LogP contribution is 2.33. The van der Waals surface area contributed by atoms with E-state index in [0.717, 1.165) is 22.8 Å². The van der Waals surface area contributed by atoms with Crippen molar-refractivity contribution in [2.75, 3.05) is 12.8 Å². The van der Waals surface area contributed by atoms with Crippen molar-refractivity contribution in [1.82, 2.24) is 20.1 Å². The summed E-state index contributed by atoms with van der Waals surface area (Å²) in [5.41, 5.74) is 8.92. The summed E-state index contributed by atoms with van der Waals surface area (Å²) < 4.78 is 20.6. The number of ether oxygens (including phenoxy) is 1. The topological polar surface area (TPSA) is 115 Å². The molecule has 8 nitrogen and oxygen atoms in total. The molecule has 4 rings (SSSR count). The second-order valence-corrected chi connectivity index (χ2v) is 7.93. The second-order valence-electron chi connectivity index (χ2n) is 7.93. The lowest BCUT2D eigenvalue weighted by atomic mass is 10.0. The summed E-state index contributed by atoms with van der Waals surface area (Å²) in [5.74, 6) is -0.404. The molecular formula is C24H24FN5O3. The van der Waals surface area contributed by atoms with Crippen LogP contribution in [0.5, 0.6) is 5.75 Å². The molecule has 0 fully saturated rings. The number of carbonyl (C=O) groups is 1. The van der Waals surface area contributed by atoms with Gasteiger partial charge >= 0.3 is 0 Å². The number of benzene rings is 2. The molecule has 0 aliphatic heterocycles. The molecule has 4 aromatic rings. The number of hydrogen-bond acceptors (Lipinski definition) is 5. The van der Waals surface area contributed by atoms with Gasteiger partial charge in [0.05, 0.1) is 18.1 Å². The Balaban J connectivity index is 1.59. The molecule has 2 aromatic carbocycles. The summed E-state index contributed by atoms with van der Waals surface area (Å²) in [5, 5.41) is 9.74. The van der Waals surface area contributed by atoms with Gasteiger partial charge in [0, 0.05) is 24.3 Å². The molecule has 2 aromatic heterocycles. The number of hydrogen-bond donors (Lipinski definition) is 3. The molecule has 0 atom stereocenters. The number of methoxy groups -OCH3 is 1. The van der Waals surface area contributed by atoms with E-state index in [9.17, 15) is 14.0 Å². The summed E-state index contributed by atoms with van der Waals surface area (Å²) >= 11 is 0. The van der Waals surface area contributed by atoms with Crippen molar-refractivity contribution in [3.8, 4) is 16.9 Å². The summed E-state index contributed by atoms with van der Waals surface area (Å²) in [4.78, 5) is 24.9. The van der Waals surface area contributed by atoms with Crippen LogP contribution in [-0.2, 0) is 6.54 Å². The molecule has 0 aliphatic rings. The largest absolute Gasteiger partial charge is 0.496 e. The van der Waals surface area contributed by atoms with Gasteiger partial charge in [-0.25, -0.2) is 9.49 Å². The Kier molecular flexibility index (Phi) is 5.87. The first-order valence-corrected chi connectivity index (χ1v) is 10.4. The third-order valence-corrected chi connectivity index (χ3v) is 5.46. The van der Waals surface area contributed by atoms with E-state index in [4.69, 9.17) is 10.5 Å². The van der Waals surface area contributed by atoms with Gasteiger partial charge in [-0.05, 0) is 43.2 Å². The summed E-state index contributed by atoms with van der Waals surface area (Å²) in [6, 6.07) is 11.4. The number of aromatic nitrogens is 3. The Morgan fingerprint density at radius 1 is 1.24 bits per heavy atom. The number of nitrogens with two attached hydrogens (primary N) is 1. The van der Waals surface area contributed by atoms with Crippen molar-refractivity contribution >= 4 is 22.6 Å². The zero-order valence-corrected chi connectivity index (χ0v) is 18.5. The molecule has 0 spiro atoms. The van der Waals surface area contributed by atoms with Crippen LogP contribution in [0.3, 0.4) is 0 Å². The highest BCUT2D eigenvalue weighted by atomic mass is 19.1. The van der Waals surface area contributed by atoms with Gasteiger partial charge in [-0.15, -0.1) is 0 Å². The van der Waals surface area contributed by atoms with E-state index in [2.05, 4.69) is 15.5 Å². The van der Waals surface area contributed by atoms with Crippen molar-refractivity contribution in [2.45, 2.75) is 26.4 Å². The van der Waals surface area contributed by atoms with Crippen LogP contribution in [0.15, 0.2) is 53.5 Å². The van der Waals surface area contributed by atoms with Crippen LogP contribution in [0.1, 0.15) is 35.8 Å². The first-order chi connectivity index (χ1) is 15.8. The van der Waals surface area contributed by atoms with E-state index >= 15 is 0 Å². The number of anilines is 1. The molecule has 0 aliphatic carbocycles. The molecule has 0 bridgehead atoms. The average molecular weight is 449 g/mol. The molecule has 2 heterocycles. The standard InChI is InChI=1S/C24H24FN5O3/c1-13(2)30-12-18(20-21(30)24(32)29-28-22(20)26)15-6-4-14(5-7-15)11-27-23(31)17-10-16(25)8-9-19(17)33-3/h4-10,12-13H,11H2,1-3H3,(H2,26,28)(H,27,31)(H,29,32). The van der Waals surface area contributed by atoms with E-state index in [0.29, 0.717) is 16.7 Å². The fourth-order valence-electron chi connectivity index (χ4n) is 3.80. The first-order valence-electron chi connectivity index (χ1n) is 10.4. The molecule has 170 valence electrons. The Hall–Kier alpha value is -4.14. The molecule has 1 amide bonds. The monoisotopic (exact) mass is 449 g/mol. The minimum absolute atomic E-state index is 0.0541. The fraction of sp³-hybridized carbons (Fsp3) is 0.208. The lowest BCUT2D eigenvalue weighted by Gasteiger charge is -2.10. The van der Waals surface area contributed by atoms with E-state index in [-0.39, 0.29) is 29.5 Å². The lowest BCUT2D eigenvalue weighted by molar-refractivity contribution is 0.0947. The number of nitrogens with one attached hydrogen (secondary N) is 2. The fourth-order valence-corrected chi connectivity index (χ4v) is 3.80. The molecule has 33 heavy (non-hydrogen) atoms. The van der Waals surface area contributed by atoms with Crippen molar-refractivity contribution in [1.29, 1.82) is 0 Å². The number of nitrogens with zero attached hydrogens (tertiary/aromatic N) is 2. The van der Waals surface area contributed by atoms with Crippen molar-refractivity contribution < 1.29 is 13.9 Å². The minimum Gasteiger partial charge on any atom is -0.496 e. The van der Waals surface area contributed by atoms with Crippen LogP contribution in [0.25, 0.3) is 22.0 Å². The van der Waals surface area contributed by atoms with E-state index in [1.807, 2.05) is 48.9 Å². The van der Waals surface area contributed by atoms with E-state index in [1.165, 1.54) is 19.2 Å². The molecular weight excluding hydrogens is 425 g/mol. The average Bonchev–Trinajstić information content (AvgIpc) is 3.22. The highest BCUT2D eigenvalue weighted by Gasteiger charge is 2.18. The molecule has 0 radical (unpaired) electrons. The number of aromatic amines is 1. The van der Waals surface area contributed by atoms with E-state index in [1.54, 1.807) is 0 Å². The van der Waals surface area contributed by atoms with Gasteiger partial charge in [-0.3, -0.25) is 9.59 Å². The first kappa shape index (κ1) is 22.1. The van der Waals surface area contributed by atoms with Crippen LogP contribution in [0.4, 0.5) is 10.2 Å². The predicted octanol–water partition coefficient (Wildman–Crippen LogP) is 3.63. The summed E-state index contributed by atoms with van der Waals surface area (Å²) in [6.07, 6.45) is 1.90.